The number of nitrogens with zero attached hydrogens (tertiary/aromatic N) is 2. The number of hydrogen-bond donors (Lipinski definition) is 2. The molecule has 0 aromatic heterocycles. The number of thioether (sulfide) groups is 1. The SMILES string of the molecule is Cc1cc(S(N)(=O)=O)ccc1N[C@H](CCN1CCN(C)CC1)CSc1ccccc1. The Bertz CT molecular complexity index is 914. The summed E-state index contributed by atoms with van der Waals surface area (Å²) in [5.41, 5.74) is 1.84. The minimum absolute atomic E-state index is 0.151. The minimum atomic E-state index is -3.69. The molecular weight excluding hydrogens is 416 g/mol. The first-order valence-electron chi connectivity index (χ1n) is 10.3. The molecule has 0 radical (unpaired) electrons. The van der Waals surface area contributed by atoms with Crippen LogP contribution in [0.2, 0.25) is 0 Å². The van der Waals surface area contributed by atoms with Crippen molar-refractivity contribution in [3.8, 4) is 0 Å². The normalized spacial score (nSPS) is 17.0. The molecule has 1 atom stereocenters. The molecule has 3 rings (SSSR count). The first kappa shape index (κ1) is 23.1. The third-order valence-corrected chi connectivity index (χ3v) is 7.56. The first-order valence-corrected chi connectivity index (χ1v) is 12.8. The summed E-state index contributed by atoms with van der Waals surface area (Å²) in [6, 6.07) is 15.7. The van der Waals surface area contributed by atoms with Crippen molar-refractivity contribution in [2.24, 2.45) is 5.14 Å². The summed E-state index contributed by atoms with van der Waals surface area (Å²) >= 11 is 1.84. The standard InChI is InChI=1S/C22H32N4O2S2/c1-18-16-21(30(23,27)28)8-9-22(18)24-19(17-29-20-6-4-3-5-7-20)10-11-26-14-12-25(2)13-15-26/h3-9,16,19,24H,10-15,17H2,1-2H3,(H2,23,27,28)/t19-/m1/s1. The highest BCUT2D eigenvalue weighted by molar-refractivity contribution is 7.99. The number of aryl methyl sites for hydroxylation is 1. The lowest BCUT2D eigenvalue weighted by Gasteiger charge is -2.33. The third kappa shape index (κ3) is 6.99. The highest BCUT2D eigenvalue weighted by Gasteiger charge is 2.18. The van der Waals surface area contributed by atoms with Crippen LogP contribution in [0.25, 0.3) is 0 Å². The van der Waals surface area contributed by atoms with E-state index in [-0.39, 0.29) is 10.9 Å². The van der Waals surface area contributed by atoms with E-state index in [4.69, 9.17) is 5.14 Å². The molecule has 0 amide bonds. The van der Waals surface area contributed by atoms with Gasteiger partial charge in [0, 0.05) is 55.1 Å². The lowest BCUT2D eigenvalue weighted by atomic mass is 10.1. The Kier molecular flexibility index (Phi) is 8.19. The van der Waals surface area contributed by atoms with E-state index >= 15 is 0 Å². The van der Waals surface area contributed by atoms with Gasteiger partial charge in [0.2, 0.25) is 10.0 Å². The Morgan fingerprint density at radius 2 is 1.80 bits per heavy atom. The Labute approximate surface area is 184 Å². The van der Waals surface area contributed by atoms with Crippen LogP contribution in [0.5, 0.6) is 0 Å². The molecule has 0 spiro atoms. The van der Waals surface area contributed by atoms with Gasteiger partial charge in [-0.1, -0.05) is 18.2 Å². The summed E-state index contributed by atoms with van der Waals surface area (Å²) in [4.78, 5) is 6.30. The lowest BCUT2D eigenvalue weighted by molar-refractivity contribution is 0.152. The smallest absolute Gasteiger partial charge is 0.238 e. The van der Waals surface area contributed by atoms with Crippen molar-refractivity contribution in [2.75, 3.05) is 50.8 Å². The van der Waals surface area contributed by atoms with Crippen LogP contribution < -0.4 is 10.5 Å². The fourth-order valence-corrected chi connectivity index (χ4v) is 5.11. The molecule has 30 heavy (non-hydrogen) atoms. The van der Waals surface area contributed by atoms with Gasteiger partial charge in [0.1, 0.15) is 0 Å². The molecule has 1 fully saturated rings. The van der Waals surface area contributed by atoms with Crippen LogP contribution in [0.1, 0.15) is 12.0 Å². The molecular formula is C22H32N4O2S2. The Balaban J connectivity index is 1.66. The number of anilines is 1. The number of primary sulfonamides is 1. The molecule has 2 aromatic rings. The molecule has 0 aliphatic carbocycles. The fourth-order valence-electron chi connectivity index (χ4n) is 3.52. The summed E-state index contributed by atoms with van der Waals surface area (Å²) in [7, 11) is -1.52. The summed E-state index contributed by atoms with van der Waals surface area (Å²) in [6.45, 7) is 7.41. The van der Waals surface area contributed by atoms with Gasteiger partial charge >= 0.3 is 0 Å². The van der Waals surface area contributed by atoms with Gasteiger partial charge in [0.05, 0.1) is 4.90 Å². The number of rotatable bonds is 9. The molecule has 164 valence electrons. The molecule has 1 aliphatic rings. The van der Waals surface area contributed by atoms with Crippen molar-refractivity contribution < 1.29 is 8.42 Å². The molecule has 3 N–H and O–H groups in total. The average Bonchev–Trinajstić information content (AvgIpc) is 2.72. The molecule has 1 saturated heterocycles. The summed E-state index contributed by atoms with van der Waals surface area (Å²) in [5, 5.41) is 8.92. The molecule has 1 heterocycles. The maximum absolute atomic E-state index is 11.6. The van der Waals surface area contributed by atoms with E-state index in [1.807, 2.05) is 30.8 Å². The maximum atomic E-state index is 11.6. The van der Waals surface area contributed by atoms with Gasteiger partial charge in [-0.15, -0.1) is 11.8 Å². The molecule has 6 nitrogen and oxygen atoms in total. The number of nitrogens with two attached hydrogens (primary N) is 1. The van der Waals surface area contributed by atoms with Gasteiger partial charge < -0.3 is 15.1 Å². The monoisotopic (exact) mass is 448 g/mol. The zero-order valence-corrected chi connectivity index (χ0v) is 19.4. The van der Waals surface area contributed by atoms with Crippen LogP contribution in [0.4, 0.5) is 5.69 Å². The third-order valence-electron chi connectivity index (χ3n) is 5.47. The van der Waals surface area contributed by atoms with Crippen molar-refractivity contribution >= 4 is 27.5 Å². The molecule has 0 bridgehead atoms. The second-order valence-corrected chi connectivity index (χ2v) is 10.6. The van der Waals surface area contributed by atoms with E-state index in [9.17, 15) is 8.42 Å². The van der Waals surface area contributed by atoms with E-state index < -0.39 is 10.0 Å². The second-order valence-electron chi connectivity index (χ2n) is 7.92. The number of likely N-dealkylation sites (N-methyl/N-ethyl adjacent to an activating group) is 1. The summed E-state index contributed by atoms with van der Waals surface area (Å²) in [6.07, 6.45) is 1.03. The van der Waals surface area contributed by atoms with E-state index in [2.05, 4.69) is 46.4 Å². The average molecular weight is 449 g/mol. The summed E-state index contributed by atoms with van der Waals surface area (Å²) < 4.78 is 23.2. The zero-order chi connectivity index (χ0) is 21.6. The van der Waals surface area contributed by atoms with E-state index in [1.165, 1.54) is 4.90 Å². The number of nitrogens with one attached hydrogen (secondary N) is 1. The molecule has 0 unspecified atom stereocenters. The first-order chi connectivity index (χ1) is 14.3. The zero-order valence-electron chi connectivity index (χ0n) is 17.8. The maximum Gasteiger partial charge on any atom is 0.238 e. The fraction of sp³-hybridized carbons (Fsp3) is 0.455. The highest BCUT2D eigenvalue weighted by atomic mass is 32.2. The minimum Gasteiger partial charge on any atom is -0.381 e. The van der Waals surface area contributed by atoms with E-state index in [0.29, 0.717) is 0 Å². The number of benzene rings is 2. The Morgan fingerprint density at radius 1 is 1.10 bits per heavy atom. The van der Waals surface area contributed by atoms with Crippen LogP contribution in [-0.4, -0.2) is 69.8 Å². The quantitative estimate of drug-likeness (QED) is 0.575. The number of piperazine rings is 1. The van der Waals surface area contributed by atoms with Gasteiger partial charge in [-0.05, 0) is 56.3 Å². The van der Waals surface area contributed by atoms with Crippen molar-refractivity contribution in [1.82, 2.24) is 9.80 Å². The van der Waals surface area contributed by atoms with E-state index in [1.54, 1.807) is 12.1 Å². The summed E-state index contributed by atoms with van der Waals surface area (Å²) in [5.74, 6) is 0.939. The largest absolute Gasteiger partial charge is 0.381 e. The van der Waals surface area contributed by atoms with Crippen LogP contribution in [-0.2, 0) is 10.0 Å². The van der Waals surface area contributed by atoms with Crippen LogP contribution in [0.3, 0.4) is 0 Å². The predicted octanol–water partition coefficient (Wildman–Crippen LogP) is 2.85. The van der Waals surface area contributed by atoms with Gasteiger partial charge in [-0.3, -0.25) is 0 Å². The van der Waals surface area contributed by atoms with Crippen LogP contribution in [0.15, 0.2) is 58.3 Å². The van der Waals surface area contributed by atoms with E-state index in [0.717, 1.165) is 56.1 Å². The van der Waals surface area contributed by atoms with Crippen molar-refractivity contribution in [3.63, 3.8) is 0 Å². The van der Waals surface area contributed by atoms with Crippen molar-refractivity contribution in [2.45, 2.75) is 29.2 Å². The topological polar surface area (TPSA) is 78.7 Å². The lowest BCUT2D eigenvalue weighted by Crippen LogP contribution is -2.45. The van der Waals surface area contributed by atoms with Gasteiger partial charge in [0.25, 0.3) is 0 Å². The van der Waals surface area contributed by atoms with Crippen LogP contribution in [0, 0.1) is 6.92 Å². The molecule has 0 saturated carbocycles. The van der Waals surface area contributed by atoms with Crippen molar-refractivity contribution in [1.29, 1.82) is 0 Å². The molecule has 2 aromatic carbocycles. The predicted molar refractivity (Wildman–Crippen MR) is 126 cm³/mol. The molecule has 1 aliphatic heterocycles. The Hall–Kier alpha value is -1.58. The Morgan fingerprint density at radius 3 is 2.43 bits per heavy atom. The molecule has 8 heteroatoms. The van der Waals surface area contributed by atoms with Crippen molar-refractivity contribution in [3.05, 3.63) is 54.1 Å². The van der Waals surface area contributed by atoms with Crippen LogP contribution >= 0.6 is 11.8 Å². The van der Waals surface area contributed by atoms with Gasteiger partial charge in [-0.2, -0.15) is 0 Å². The van der Waals surface area contributed by atoms with Gasteiger partial charge in [-0.25, -0.2) is 13.6 Å². The number of sulfonamides is 1. The highest BCUT2D eigenvalue weighted by Crippen LogP contribution is 2.24. The van der Waals surface area contributed by atoms with Gasteiger partial charge in [0.15, 0.2) is 0 Å². The second kappa shape index (κ2) is 10.6. The number of hydrogen-bond acceptors (Lipinski definition) is 6.